The number of hydrogen-bond acceptors (Lipinski definition) is 8. The van der Waals surface area contributed by atoms with Gasteiger partial charge >= 0.3 is 5.97 Å². The molecule has 0 atom stereocenters. The molecule has 2 aromatic heterocycles. The Morgan fingerprint density at radius 3 is 2.58 bits per heavy atom. The maximum absolute atomic E-state index is 13.5. The van der Waals surface area contributed by atoms with Crippen molar-refractivity contribution in [3.8, 4) is 11.5 Å². The molecule has 4 aromatic rings. The summed E-state index contributed by atoms with van der Waals surface area (Å²) in [7, 11) is 3.14. The van der Waals surface area contributed by atoms with E-state index in [4.69, 9.17) is 23.6 Å². The van der Waals surface area contributed by atoms with Gasteiger partial charge in [0.25, 0.3) is 5.91 Å². The molecule has 5 rings (SSSR count). The fraction of sp³-hybridized carbons (Fsp3) is 0.276. The highest BCUT2D eigenvalue weighted by Crippen LogP contribution is 2.40. The van der Waals surface area contributed by atoms with E-state index in [9.17, 15) is 9.59 Å². The molecule has 0 unspecified atom stereocenters. The van der Waals surface area contributed by atoms with Crippen LogP contribution >= 0.6 is 11.3 Å². The number of para-hydroxylation sites is 1. The molecule has 0 spiro atoms. The summed E-state index contributed by atoms with van der Waals surface area (Å²) in [5.74, 6) is 0.381. The molecule has 0 saturated carbocycles. The van der Waals surface area contributed by atoms with E-state index in [1.807, 2.05) is 12.1 Å². The minimum Gasteiger partial charge on any atom is -0.497 e. The Kier molecular flexibility index (Phi) is 7.46. The SMILES string of the molecule is CCOC(=O)c1c(/N=c2\oc3c(OC)cccc3cc2C(=O)Nc2ccc(OC)cc2)sc2c1CCCC2. The van der Waals surface area contributed by atoms with E-state index in [0.29, 0.717) is 38.7 Å². The Morgan fingerprint density at radius 1 is 1.05 bits per heavy atom. The summed E-state index contributed by atoms with van der Waals surface area (Å²) in [6.45, 7) is 2.04. The molecule has 1 aliphatic carbocycles. The Labute approximate surface area is 223 Å². The van der Waals surface area contributed by atoms with Crippen LogP contribution in [0.2, 0.25) is 0 Å². The average Bonchev–Trinajstić information content (AvgIpc) is 3.30. The topological polar surface area (TPSA) is 99.4 Å². The second-order valence-electron chi connectivity index (χ2n) is 8.75. The van der Waals surface area contributed by atoms with Gasteiger partial charge in [-0.1, -0.05) is 12.1 Å². The smallest absolute Gasteiger partial charge is 0.341 e. The second-order valence-corrected chi connectivity index (χ2v) is 9.83. The molecule has 2 heterocycles. The number of carbonyl (C=O) groups excluding carboxylic acids is 2. The van der Waals surface area contributed by atoms with Gasteiger partial charge in [0.1, 0.15) is 16.3 Å². The van der Waals surface area contributed by atoms with E-state index in [-0.39, 0.29) is 17.7 Å². The number of methoxy groups -OCH3 is 2. The first kappa shape index (κ1) is 25.5. The van der Waals surface area contributed by atoms with Gasteiger partial charge < -0.3 is 23.9 Å². The lowest BCUT2D eigenvalue weighted by atomic mass is 9.95. The standard InChI is InChI=1S/C29H28N2O6S/c1-4-36-29(33)24-20-9-5-6-11-23(20)38-28(24)31-27-21(16-17-8-7-10-22(35-3)25(17)37-27)26(32)30-18-12-14-19(34-2)15-13-18/h7-8,10,12-16H,4-6,9,11H2,1-3H3,(H,30,32)/b31-27-. The molecular formula is C29H28N2O6S. The maximum atomic E-state index is 13.5. The summed E-state index contributed by atoms with van der Waals surface area (Å²) in [4.78, 5) is 32.4. The second kappa shape index (κ2) is 11.1. The Hall–Kier alpha value is -4.11. The molecule has 1 aliphatic rings. The van der Waals surface area contributed by atoms with Crippen LogP contribution in [0.25, 0.3) is 11.0 Å². The van der Waals surface area contributed by atoms with Crippen LogP contribution in [0, 0.1) is 0 Å². The van der Waals surface area contributed by atoms with Crippen LogP contribution in [0.3, 0.4) is 0 Å². The number of nitrogens with zero attached hydrogens (tertiary/aromatic N) is 1. The fourth-order valence-corrected chi connectivity index (χ4v) is 5.78. The number of ether oxygens (including phenoxy) is 3. The van der Waals surface area contributed by atoms with Crippen molar-refractivity contribution in [1.82, 2.24) is 0 Å². The van der Waals surface area contributed by atoms with Crippen LogP contribution < -0.4 is 20.3 Å². The van der Waals surface area contributed by atoms with Gasteiger partial charge in [0.15, 0.2) is 11.3 Å². The molecule has 8 nitrogen and oxygen atoms in total. The van der Waals surface area contributed by atoms with Gasteiger partial charge in [-0.3, -0.25) is 4.79 Å². The quantitative estimate of drug-likeness (QED) is 0.291. The average molecular weight is 533 g/mol. The van der Waals surface area contributed by atoms with Crippen molar-refractivity contribution >= 4 is 44.9 Å². The number of carbonyl (C=O) groups is 2. The third kappa shape index (κ3) is 5.02. The van der Waals surface area contributed by atoms with Crippen molar-refractivity contribution < 1.29 is 28.2 Å². The summed E-state index contributed by atoms with van der Waals surface area (Å²) in [6.07, 6.45) is 3.74. The van der Waals surface area contributed by atoms with E-state index in [2.05, 4.69) is 5.32 Å². The molecule has 0 bridgehead atoms. The van der Waals surface area contributed by atoms with Gasteiger partial charge in [0.05, 0.1) is 26.4 Å². The molecule has 1 N–H and O–H groups in total. The number of esters is 1. The molecule has 2 aromatic carbocycles. The zero-order valence-electron chi connectivity index (χ0n) is 21.5. The fourth-order valence-electron chi connectivity index (χ4n) is 4.54. The maximum Gasteiger partial charge on any atom is 0.341 e. The van der Waals surface area contributed by atoms with Gasteiger partial charge in [-0.25, -0.2) is 9.79 Å². The monoisotopic (exact) mass is 532 g/mol. The number of anilines is 1. The largest absolute Gasteiger partial charge is 0.497 e. The van der Waals surface area contributed by atoms with Crippen molar-refractivity contribution in [3.05, 3.63) is 75.7 Å². The van der Waals surface area contributed by atoms with Gasteiger partial charge in [0, 0.05) is 16.0 Å². The van der Waals surface area contributed by atoms with Crippen LogP contribution in [0.5, 0.6) is 11.5 Å². The molecule has 1 amide bonds. The zero-order valence-corrected chi connectivity index (χ0v) is 22.3. The first-order chi connectivity index (χ1) is 18.5. The predicted molar refractivity (Wildman–Crippen MR) is 146 cm³/mol. The number of hydrogen-bond donors (Lipinski definition) is 1. The summed E-state index contributed by atoms with van der Waals surface area (Å²) >= 11 is 1.45. The van der Waals surface area contributed by atoms with Crippen LogP contribution in [0.1, 0.15) is 50.9 Å². The van der Waals surface area contributed by atoms with Crippen LogP contribution in [-0.4, -0.2) is 32.7 Å². The highest BCUT2D eigenvalue weighted by atomic mass is 32.1. The Bertz CT molecular complexity index is 1570. The predicted octanol–water partition coefficient (Wildman–Crippen LogP) is 6.05. The normalized spacial score (nSPS) is 13.2. The van der Waals surface area contributed by atoms with Crippen molar-refractivity contribution in [2.75, 3.05) is 26.1 Å². The van der Waals surface area contributed by atoms with E-state index >= 15 is 0 Å². The Balaban J connectivity index is 1.68. The van der Waals surface area contributed by atoms with Gasteiger partial charge in [-0.05, 0) is 74.6 Å². The molecule has 196 valence electrons. The third-order valence-electron chi connectivity index (χ3n) is 6.39. The number of aryl methyl sites for hydroxylation is 1. The summed E-state index contributed by atoms with van der Waals surface area (Å²) in [5, 5.41) is 4.06. The molecule has 0 aliphatic heterocycles. The third-order valence-corrected chi connectivity index (χ3v) is 7.57. The minimum absolute atomic E-state index is 0.0807. The van der Waals surface area contributed by atoms with E-state index in [1.54, 1.807) is 57.5 Å². The molecule has 38 heavy (non-hydrogen) atoms. The van der Waals surface area contributed by atoms with Crippen LogP contribution in [-0.2, 0) is 17.6 Å². The summed E-state index contributed by atoms with van der Waals surface area (Å²) in [6, 6.07) is 14.2. The number of benzene rings is 2. The first-order valence-corrected chi connectivity index (χ1v) is 13.3. The van der Waals surface area contributed by atoms with Crippen LogP contribution in [0.15, 0.2) is 57.9 Å². The Morgan fingerprint density at radius 2 is 1.84 bits per heavy atom. The lowest BCUT2D eigenvalue weighted by molar-refractivity contribution is 0.0526. The van der Waals surface area contributed by atoms with Crippen molar-refractivity contribution in [2.45, 2.75) is 32.6 Å². The van der Waals surface area contributed by atoms with Crippen LogP contribution in [0.4, 0.5) is 10.7 Å². The van der Waals surface area contributed by atoms with Gasteiger partial charge in [0.2, 0.25) is 5.55 Å². The van der Waals surface area contributed by atoms with Crippen molar-refractivity contribution in [1.29, 1.82) is 0 Å². The summed E-state index contributed by atoms with van der Waals surface area (Å²) in [5.41, 5.74) is 2.80. The van der Waals surface area contributed by atoms with E-state index in [1.165, 1.54) is 11.3 Å². The highest BCUT2D eigenvalue weighted by molar-refractivity contribution is 7.16. The first-order valence-electron chi connectivity index (χ1n) is 12.4. The van der Waals surface area contributed by atoms with Gasteiger partial charge in [-0.2, -0.15) is 0 Å². The molecular weight excluding hydrogens is 504 g/mol. The molecule has 0 saturated heterocycles. The van der Waals surface area contributed by atoms with E-state index < -0.39 is 11.9 Å². The zero-order chi connectivity index (χ0) is 26.6. The lowest BCUT2D eigenvalue weighted by Crippen LogP contribution is -2.21. The number of fused-ring (bicyclic) bond motifs is 2. The molecule has 0 radical (unpaired) electrons. The highest BCUT2D eigenvalue weighted by Gasteiger charge is 2.27. The van der Waals surface area contributed by atoms with Gasteiger partial charge in [-0.15, -0.1) is 11.3 Å². The summed E-state index contributed by atoms with van der Waals surface area (Å²) < 4.78 is 22.3. The molecule has 9 heteroatoms. The number of nitrogens with one attached hydrogen (secondary N) is 1. The lowest BCUT2D eigenvalue weighted by Gasteiger charge is -2.12. The van der Waals surface area contributed by atoms with Crippen molar-refractivity contribution in [3.63, 3.8) is 0 Å². The number of rotatable bonds is 7. The molecule has 0 fully saturated rings. The number of thiophene rings is 1. The van der Waals surface area contributed by atoms with E-state index in [0.717, 1.165) is 36.1 Å². The number of amides is 1. The van der Waals surface area contributed by atoms with Crippen molar-refractivity contribution in [2.24, 2.45) is 4.99 Å². The minimum atomic E-state index is -0.409.